The fraction of sp³-hybridized carbons (Fsp3) is 0.592. The molecule has 1 aliphatic carbocycles. The van der Waals surface area contributed by atoms with Crippen LogP contribution in [0.15, 0.2) is 30.5 Å². The Labute approximate surface area is 383 Å². The summed E-state index contributed by atoms with van der Waals surface area (Å²) in [5.41, 5.74) is 4.18. The van der Waals surface area contributed by atoms with E-state index < -0.39 is 37.4 Å². The lowest BCUT2D eigenvalue weighted by molar-refractivity contribution is 0.0231. The fourth-order valence-corrected chi connectivity index (χ4v) is 14.8. The molecule has 1 saturated carbocycles. The van der Waals surface area contributed by atoms with E-state index in [1.165, 1.54) is 13.2 Å². The van der Waals surface area contributed by atoms with Gasteiger partial charge in [-0.25, -0.2) is 13.6 Å². The maximum atomic E-state index is 17.9. The minimum Gasteiger partial charge on any atom is -0.468 e. The van der Waals surface area contributed by atoms with E-state index in [4.69, 9.17) is 43.4 Å². The summed E-state index contributed by atoms with van der Waals surface area (Å²) in [7, 11) is -0.808. The maximum Gasteiger partial charge on any atom is 0.408 e. The molecule has 0 spiro atoms. The number of methoxy groups -OCH3 is 1. The number of carbonyl (C=O) groups is 1. The summed E-state index contributed by atoms with van der Waals surface area (Å²) in [5.74, 6) is 2.84. The molecule has 0 radical (unpaired) electrons. The Bertz CT molecular complexity index is 2390. The van der Waals surface area contributed by atoms with E-state index in [1.54, 1.807) is 45.2 Å². The lowest BCUT2D eigenvalue weighted by atomic mass is 9.95. The summed E-state index contributed by atoms with van der Waals surface area (Å²) in [6.45, 7) is 24.1. The van der Waals surface area contributed by atoms with Gasteiger partial charge < -0.3 is 38.6 Å². The van der Waals surface area contributed by atoms with Gasteiger partial charge in [-0.05, 0) is 73.8 Å². The van der Waals surface area contributed by atoms with Gasteiger partial charge in [0.25, 0.3) is 0 Å². The largest absolute Gasteiger partial charge is 0.468 e. The zero-order valence-corrected chi connectivity index (χ0v) is 40.7. The van der Waals surface area contributed by atoms with E-state index in [1.807, 2.05) is 4.90 Å². The van der Waals surface area contributed by atoms with Crippen LogP contribution in [0.4, 0.5) is 19.4 Å². The summed E-state index contributed by atoms with van der Waals surface area (Å²) < 4.78 is 69.0. The zero-order valence-electron chi connectivity index (χ0n) is 39.7. The summed E-state index contributed by atoms with van der Waals surface area (Å²) in [6, 6.07) is 6.00. The van der Waals surface area contributed by atoms with Crippen LogP contribution in [0.2, 0.25) is 16.6 Å². The summed E-state index contributed by atoms with van der Waals surface area (Å²) in [5, 5.41) is 4.27. The van der Waals surface area contributed by atoms with Gasteiger partial charge in [0.2, 0.25) is 0 Å². The molecule has 7 rings (SSSR count). The molecule has 2 aromatic carbocycles. The van der Waals surface area contributed by atoms with Crippen LogP contribution < -0.4 is 19.7 Å². The monoisotopic (exact) mass is 916 g/mol. The van der Waals surface area contributed by atoms with Gasteiger partial charge in [-0.3, -0.25) is 9.88 Å². The van der Waals surface area contributed by atoms with Crippen molar-refractivity contribution in [2.45, 2.75) is 103 Å². The number of aromatic nitrogens is 3. The first-order valence-corrected chi connectivity index (χ1v) is 25.2. The fourth-order valence-electron chi connectivity index (χ4n) is 9.59. The Morgan fingerprint density at radius 1 is 0.985 bits per heavy atom. The van der Waals surface area contributed by atoms with Crippen LogP contribution in [0.5, 0.6) is 11.8 Å². The molecule has 4 aromatic rings. The van der Waals surface area contributed by atoms with Crippen molar-refractivity contribution in [3.63, 3.8) is 0 Å². The van der Waals surface area contributed by atoms with Gasteiger partial charge in [0.05, 0.1) is 50.0 Å². The number of ether oxygens (including phenoxy) is 6. The molecule has 0 bridgehead atoms. The van der Waals surface area contributed by atoms with Crippen LogP contribution in [0.1, 0.15) is 80.7 Å². The molecule has 2 aromatic heterocycles. The number of hydrogen-bond donors (Lipinski definition) is 1. The predicted molar refractivity (Wildman–Crippen MR) is 251 cm³/mol. The van der Waals surface area contributed by atoms with E-state index in [9.17, 15) is 4.79 Å². The van der Waals surface area contributed by atoms with Crippen LogP contribution in [-0.2, 0) is 18.9 Å². The smallest absolute Gasteiger partial charge is 0.408 e. The van der Waals surface area contributed by atoms with E-state index in [-0.39, 0.29) is 53.7 Å². The molecular weight excluding hydrogens is 851 g/mol. The van der Waals surface area contributed by atoms with Crippen molar-refractivity contribution in [1.82, 2.24) is 25.2 Å². The number of halogens is 2. The Morgan fingerprint density at radius 2 is 1.69 bits per heavy atom. The Morgan fingerprint density at radius 3 is 2.35 bits per heavy atom. The van der Waals surface area contributed by atoms with Crippen LogP contribution >= 0.6 is 0 Å². The van der Waals surface area contributed by atoms with E-state index in [0.717, 1.165) is 32.5 Å². The number of fused-ring (bicyclic) bond motifs is 2. The molecule has 2 saturated heterocycles. The Balaban J connectivity index is 1.38. The maximum absolute atomic E-state index is 17.9. The molecular formula is C49H66F2N6O7Si. The van der Waals surface area contributed by atoms with Crippen molar-refractivity contribution in [2.24, 2.45) is 5.41 Å². The Kier molecular flexibility index (Phi) is 14.9. The number of nitrogens with zero attached hydrogens (tertiary/aromatic N) is 5. The number of amides is 1. The zero-order chi connectivity index (χ0) is 46.7. The topological polar surface area (TPSA) is 130 Å². The number of nitrogens with one attached hydrogen (secondary N) is 1. The van der Waals surface area contributed by atoms with Crippen LogP contribution in [0.25, 0.3) is 32.9 Å². The Hall–Kier alpha value is -4.66. The minimum absolute atomic E-state index is 0.00982. The number of morpholine rings is 1. The van der Waals surface area contributed by atoms with Crippen LogP contribution in [0.3, 0.4) is 0 Å². The second-order valence-electron chi connectivity index (χ2n) is 19.7. The molecule has 13 nitrogen and oxygen atoms in total. The molecule has 1 atom stereocenters. The number of benzene rings is 2. The number of pyridine rings is 1. The third-order valence-corrected chi connectivity index (χ3v) is 19.3. The van der Waals surface area contributed by atoms with Crippen LogP contribution in [-0.4, -0.2) is 125 Å². The van der Waals surface area contributed by atoms with Crippen LogP contribution in [0, 0.1) is 28.5 Å². The number of carbonyl (C=O) groups excluding carboxylic acids is 1. The van der Waals surface area contributed by atoms with Gasteiger partial charge in [0.15, 0.2) is 12.6 Å². The van der Waals surface area contributed by atoms with Crippen molar-refractivity contribution in [3.05, 3.63) is 47.7 Å². The molecule has 352 valence electrons. The summed E-state index contributed by atoms with van der Waals surface area (Å²) in [4.78, 5) is 31.7. The first kappa shape index (κ1) is 48.3. The molecule has 16 heteroatoms. The molecule has 1 N–H and O–H groups in total. The highest BCUT2D eigenvalue weighted by Crippen LogP contribution is 2.47. The van der Waals surface area contributed by atoms with E-state index >= 15 is 8.78 Å². The molecule has 65 heavy (non-hydrogen) atoms. The molecule has 4 heterocycles. The molecule has 2 aliphatic heterocycles. The van der Waals surface area contributed by atoms with Gasteiger partial charge in [0.1, 0.15) is 42.3 Å². The molecule has 1 amide bonds. The van der Waals surface area contributed by atoms with Gasteiger partial charge in [-0.15, -0.1) is 5.54 Å². The normalized spacial score (nSPS) is 18.2. The number of rotatable bonds is 14. The number of alkyl carbamates (subject to hydrolysis) is 1. The third kappa shape index (κ3) is 11.0. The molecule has 3 aliphatic rings. The van der Waals surface area contributed by atoms with Crippen molar-refractivity contribution < 1.29 is 42.0 Å². The lowest BCUT2D eigenvalue weighted by Gasteiger charge is -2.38. The minimum atomic E-state index is -2.32. The van der Waals surface area contributed by atoms with Crippen molar-refractivity contribution in [3.8, 4) is 34.5 Å². The predicted octanol–water partition coefficient (Wildman–Crippen LogP) is 8.90. The van der Waals surface area contributed by atoms with Gasteiger partial charge >= 0.3 is 12.1 Å². The average molecular weight is 917 g/mol. The van der Waals surface area contributed by atoms with E-state index in [0.29, 0.717) is 77.3 Å². The highest BCUT2D eigenvalue weighted by atomic mass is 28.3. The van der Waals surface area contributed by atoms with Crippen molar-refractivity contribution in [1.29, 1.82) is 0 Å². The van der Waals surface area contributed by atoms with Gasteiger partial charge in [-0.1, -0.05) is 53.5 Å². The molecule has 0 unspecified atom stereocenters. The quantitative estimate of drug-likeness (QED) is 0.0737. The SMILES string of the molecule is COCOc1cc(-c2ncc3c(N4CCOC[C@@H](NC(=O)OC(C)(C)C)C4)nc(OCC4(CN5CCOCC5)CC4)nc3c2F)c2c(C#C[Si](C(C)C)(C(C)C)C(C)C)c(F)ccc2c1. The van der Waals surface area contributed by atoms with Gasteiger partial charge in [-0.2, -0.15) is 9.97 Å². The van der Waals surface area contributed by atoms with Gasteiger partial charge in [0, 0.05) is 62.4 Å². The highest BCUT2D eigenvalue weighted by molar-refractivity contribution is 6.90. The first-order chi connectivity index (χ1) is 30.9. The second-order valence-corrected chi connectivity index (χ2v) is 25.3. The van der Waals surface area contributed by atoms with Crippen molar-refractivity contribution >= 4 is 41.7 Å². The average Bonchev–Trinajstić information content (AvgIpc) is 4.05. The second kappa shape index (κ2) is 20.1. The lowest BCUT2D eigenvalue weighted by Crippen LogP contribution is -2.46. The number of hydrogen-bond acceptors (Lipinski definition) is 12. The highest BCUT2D eigenvalue weighted by Gasteiger charge is 2.45. The summed E-state index contributed by atoms with van der Waals surface area (Å²) in [6.07, 6.45) is 2.94. The number of anilines is 1. The van der Waals surface area contributed by atoms with Crippen molar-refractivity contribution in [2.75, 3.05) is 84.6 Å². The standard InChI is InChI=1S/C49H66F2N6O7Si/c1-31(2)65(32(3)4,33(5)6)22-13-37-40(50)12-11-34-23-36(63-30-59-10)24-38(41(34)37)43-42(51)44-39(25-52-43)45(57-18-21-61-27-35(26-57)53-47(58)64-48(7,8)9)55-46(54-44)62-29-49(14-15-49)28-56-16-19-60-20-17-56/h11-12,23-25,31-33,35H,14-21,26-30H2,1-10H3,(H,53,58)/t35-/m0/s1. The molecule has 3 fully saturated rings. The first-order valence-electron chi connectivity index (χ1n) is 23.0. The third-order valence-electron chi connectivity index (χ3n) is 13.0. The summed E-state index contributed by atoms with van der Waals surface area (Å²) >= 11 is 0. The van der Waals surface area contributed by atoms with E-state index in [2.05, 4.69) is 63.2 Å².